The van der Waals surface area contributed by atoms with Gasteiger partial charge in [0.15, 0.2) is 0 Å². The van der Waals surface area contributed by atoms with Gasteiger partial charge in [-0.15, -0.1) is 0 Å². The Hall–Kier alpha value is -1.40. The number of carbonyl (C=O) groups excluding carboxylic acids is 1. The van der Waals surface area contributed by atoms with E-state index >= 15 is 0 Å². The molecule has 1 aromatic rings. The second kappa shape index (κ2) is 7.69. The summed E-state index contributed by atoms with van der Waals surface area (Å²) in [6.07, 6.45) is -6.16. The summed E-state index contributed by atoms with van der Waals surface area (Å²) < 4.78 is 64.5. The summed E-state index contributed by atoms with van der Waals surface area (Å²) >= 11 is 5.96. The number of rotatable bonds is 6. The Bertz CT molecular complexity index is 795. The molecule has 0 bridgehead atoms. The Labute approximate surface area is 153 Å². The van der Waals surface area contributed by atoms with Crippen molar-refractivity contribution in [3.63, 3.8) is 0 Å². The number of hydrogen-bond donors (Lipinski definition) is 4. The highest BCUT2D eigenvalue weighted by molar-refractivity contribution is 7.89. The van der Waals surface area contributed by atoms with Gasteiger partial charge in [0.1, 0.15) is 0 Å². The highest BCUT2D eigenvalue weighted by Gasteiger charge is 2.55. The van der Waals surface area contributed by atoms with Gasteiger partial charge in [0.05, 0.1) is 21.7 Å². The molecule has 148 valence electrons. The van der Waals surface area contributed by atoms with E-state index < -0.39 is 33.8 Å². The van der Waals surface area contributed by atoms with Crippen molar-refractivity contribution >= 4 is 33.2 Å². The largest absolute Gasteiger partial charge is 0.426 e. The fourth-order valence-corrected chi connectivity index (χ4v) is 3.37. The van der Waals surface area contributed by atoms with Crippen molar-refractivity contribution in [1.82, 2.24) is 4.72 Å². The van der Waals surface area contributed by atoms with Crippen LogP contribution in [0.3, 0.4) is 0 Å². The van der Waals surface area contributed by atoms with E-state index in [1.807, 2.05) is 5.32 Å². The average Bonchev–Trinajstić information content (AvgIpc) is 2.48. The topological polar surface area (TPSA) is 116 Å². The maximum absolute atomic E-state index is 12.7. The van der Waals surface area contributed by atoms with Gasteiger partial charge in [0.25, 0.3) is 5.91 Å². The van der Waals surface area contributed by atoms with Gasteiger partial charge in [0.2, 0.25) is 15.6 Å². The van der Waals surface area contributed by atoms with Crippen LogP contribution in [0.4, 0.5) is 18.9 Å². The van der Waals surface area contributed by atoms with Gasteiger partial charge in [-0.3, -0.25) is 4.79 Å². The van der Waals surface area contributed by atoms with Crippen molar-refractivity contribution in [2.24, 2.45) is 0 Å². The van der Waals surface area contributed by atoms with Crippen LogP contribution in [-0.2, 0) is 14.8 Å². The third kappa shape index (κ3) is 4.86. The number of sulfonamides is 1. The van der Waals surface area contributed by atoms with E-state index in [0.717, 1.165) is 12.1 Å². The molecule has 1 rings (SSSR count). The molecule has 1 amide bonds. The molecule has 12 heteroatoms. The molecule has 0 aliphatic rings. The molecular weight excluding hydrogens is 401 g/mol. The molecule has 0 fully saturated rings. The smallest absolute Gasteiger partial charge is 0.392 e. The second-order valence-electron chi connectivity index (χ2n) is 5.78. The third-order valence-electron chi connectivity index (χ3n) is 3.44. The number of aliphatic hydroxyl groups is 2. The highest BCUT2D eigenvalue weighted by Crippen LogP contribution is 2.34. The van der Waals surface area contributed by atoms with Crippen LogP contribution in [0.5, 0.6) is 0 Å². The SMILES string of the molecule is Cc1c(S(=O)(=O)NC[C@@H](C)O)ccc(NC(=O)[C@@](C)(O)C(F)(F)F)c1Cl. The molecule has 2 atom stereocenters. The Morgan fingerprint density at radius 2 is 1.88 bits per heavy atom. The average molecular weight is 419 g/mol. The minimum absolute atomic E-state index is 0.0331. The number of nitrogens with one attached hydrogen (secondary N) is 2. The van der Waals surface area contributed by atoms with E-state index in [2.05, 4.69) is 4.72 Å². The lowest BCUT2D eigenvalue weighted by molar-refractivity contribution is -0.242. The molecule has 7 nitrogen and oxygen atoms in total. The van der Waals surface area contributed by atoms with Crippen LogP contribution < -0.4 is 10.0 Å². The number of amides is 1. The lowest BCUT2D eigenvalue weighted by atomic mass is 10.1. The van der Waals surface area contributed by atoms with Gasteiger partial charge < -0.3 is 15.5 Å². The van der Waals surface area contributed by atoms with Crippen molar-refractivity contribution in [3.8, 4) is 0 Å². The van der Waals surface area contributed by atoms with Gasteiger partial charge in [-0.05, 0) is 38.5 Å². The number of aliphatic hydroxyl groups excluding tert-OH is 1. The first-order chi connectivity index (χ1) is 11.6. The number of hydrogen-bond acceptors (Lipinski definition) is 5. The summed E-state index contributed by atoms with van der Waals surface area (Å²) in [4.78, 5) is 11.4. The summed E-state index contributed by atoms with van der Waals surface area (Å²) in [5.41, 5.74) is -3.99. The third-order valence-corrected chi connectivity index (χ3v) is 5.49. The number of anilines is 1. The van der Waals surface area contributed by atoms with E-state index in [4.69, 9.17) is 16.7 Å². The molecular formula is C14H18ClF3N2O5S. The predicted octanol–water partition coefficient (Wildman–Crippen LogP) is 1.56. The van der Waals surface area contributed by atoms with Crippen molar-refractivity contribution < 1.29 is 36.6 Å². The van der Waals surface area contributed by atoms with E-state index in [1.54, 1.807) is 0 Å². The summed E-state index contributed by atoms with van der Waals surface area (Å²) in [6, 6.07) is 2.03. The van der Waals surface area contributed by atoms with Crippen LogP contribution in [0.1, 0.15) is 19.4 Å². The second-order valence-corrected chi connectivity index (χ2v) is 7.89. The minimum atomic E-state index is -5.22. The van der Waals surface area contributed by atoms with E-state index in [-0.39, 0.29) is 34.6 Å². The van der Waals surface area contributed by atoms with Gasteiger partial charge >= 0.3 is 6.18 Å². The Balaban J connectivity index is 3.17. The Morgan fingerprint density at radius 1 is 1.35 bits per heavy atom. The molecule has 0 aliphatic carbocycles. The minimum Gasteiger partial charge on any atom is -0.392 e. The van der Waals surface area contributed by atoms with Crippen molar-refractivity contribution in [2.75, 3.05) is 11.9 Å². The zero-order valence-corrected chi connectivity index (χ0v) is 15.6. The van der Waals surface area contributed by atoms with E-state index in [0.29, 0.717) is 0 Å². The zero-order valence-electron chi connectivity index (χ0n) is 14.0. The van der Waals surface area contributed by atoms with Crippen molar-refractivity contribution in [3.05, 3.63) is 22.7 Å². The molecule has 26 heavy (non-hydrogen) atoms. The molecule has 0 saturated carbocycles. The molecule has 0 radical (unpaired) electrons. The summed E-state index contributed by atoms with van der Waals surface area (Å²) in [5.74, 6) is -1.77. The molecule has 1 aromatic carbocycles. The van der Waals surface area contributed by atoms with Gasteiger partial charge in [-0.2, -0.15) is 13.2 Å². The van der Waals surface area contributed by atoms with Crippen LogP contribution in [0, 0.1) is 6.92 Å². The Kier molecular flexibility index (Phi) is 6.69. The molecule has 0 saturated heterocycles. The van der Waals surface area contributed by atoms with Crippen molar-refractivity contribution in [1.29, 1.82) is 0 Å². The molecule has 0 aliphatic heterocycles. The fourth-order valence-electron chi connectivity index (χ4n) is 1.74. The van der Waals surface area contributed by atoms with Crippen LogP contribution >= 0.6 is 11.6 Å². The molecule has 0 aromatic heterocycles. The zero-order chi connectivity index (χ0) is 20.5. The standard InChI is InChI=1S/C14H18ClF3N2O5S/c1-7(21)6-19-26(24,25)10-5-4-9(11(15)8(10)2)20-12(22)13(3,23)14(16,17)18/h4-5,7,19,21,23H,6H2,1-3H3,(H,20,22)/t7-,13-/m1/s1. The van der Waals surface area contributed by atoms with Crippen LogP contribution in [0.15, 0.2) is 17.0 Å². The first kappa shape index (κ1) is 22.6. The van der Waals surface area contributed by atoms with Crippen molar-refractivity contribution in [2.45, 2.75) is 43.5 Å². The van der Waals surface area contributed by atoms with Crippen LogP contribution in [0.2, 0.25) is 5.02 Å². The quantitative estimate of drug-likeness (QED) is 0.559. The summed E-state index contributed by atoms with van der Waals surface area (Å²) in [6.45, 7) is 2.68. The molecule has 0 unspecified atom stereocenters. The monoisotopic (exact) mass is 418 g/mol. The van der Waals surface area contributed by atoms with Gasteiger partial charge in [-0.1, -0.05) is 11.6 Å². The van der Waals surface area contributed by atoms with Gasteiger partial charge in [-0.25, -0.2) is 13.1 Å². The first-order valence-corrected chi connectivity index (χ1v) is 9.04. The van der Waals surface area contributed by atoms with Crippen LogP contribution in [0.25, 0.3) is 0 Å². The number of benzene rings is 1. The summed E-state index contributed by atoms with van der Waals surface area (Å²) in [7, 11) is -4.04. The molecule has 0 spiro atoms. The van der Waals surface area contributed by atoms with E-state index in [1.165, 1.54) is 13.8 Å². The van der Waals surface area contributed by atoms with Crippen LogP contribution in [-0.4, -0.2) is 49.0 Å². The molecule has 0 heterocycles. The highest BCUT2D eigenvalue weighted by atomic mass is 35.5. The lowest BCUT2D eigenvalue weighted by Gasteiger charge is -2.25. The number of alkyl halides is 3. The van der Waals surface area contributed by atoms with Gasteiger partial charge in [0, 0.05) is 6.54 Å². The fraction of sp³-hybridized carbons (Fsp3) is 0.500. The normalized spacial score (nSPS) is 16.0. The first-order valence-electron chi connectivity index (χ1n) is 7.18. The maximum Gasteiger partial charge on any atom is 0.426 e. The predicted molar refractivity (Wildman–Crippen MR) is 88.4 cm³/mol. The maximum atomic E-state index is 12.7. The Morgan fingerprint density at radius 3 is 2.35 bits per heavy atom. The molecule has 4 N–H and O–H groups in total. The summed E-state index contributed by atoms with van der Waals surface area (Å²) in [5, 5.41) is 20.0. The van der Waals surface area contributed by atoms with E-state index in [9.17, 15) is 31.5 Å². The number of halogens is 4. The number of carbonyl (C=O) groups is 1. The lowest BCUT2D eigenvalue weighted by Crippen LogP contribution is -2.52.